The molecule has 0 unspecified atom stereocenters. The van der Waals surface area contributed by atoms with Gasteiger partial charge in [-0.3, -0.25) is 4.79 Å². The van der Waals surface area contributed by atoms with Gasteiger partial charge in [-0.05, 0) is 48.6 Å². The van der Waals surface area contributed by atoms with Crippen LogP contribution in [0.25, 0.3) is 5.57 Å². The van der Waals surface area contributed by atoms with E-state index in [1.165, 1.54) is 0 Å². The van der Waals surface area contributed by atoms with Crippen LogP contribution in [0.1, 0.15) is 31.7 Å². The van der Waals surface area contributed by atoms with Crippen molar-refractivity contribution in [1.29, 1.82) is 0 Å². The Morgan fingerprint density at radius 2 is 2.00 bits per heavy atom. The van der Waals surface area contributed by atoms with Gasteiger partial charge in [0.15, 0.2) is 0 Å². The van der Waals surface area contributed by atoms with Gasteiger partial charge in [-0.15, -0.1) is 0 Å². The zero-order valence-corrected chi connectivity index (χ0v) is 11.5. The van der Waals surface area contributed by atoms with Crippen LogP contribution in [0.2, 0.25) is 5.02 Å². The van der Waals surface area contributed by atoms with E-state index in [9.17, 15) is 4.79 Å². The monoisotopic (exact) mass is 264 g/mol. The van der Waals surface area contributed by atoms with E-state index >= 15 is 0 Å². The molecule has 18 heavy (non-hydrogen) atoms. The van der Waals surface area contributed by atoms with Crippen molar-refractivity contribution in [2.45, 2.75) is 31.8 Å². The standard InChI is InChI=1S/C15H17ClO2/c1-15(18-2)8-7-14(12(9-15)10-17)11-3-5-13(16)6-4-11/h3-6,10H,7-9H2,1-2H3/t15-/m0/s1. The first kappa shape index (κ1) is 13.3. The molecule has 2 nitrogen and oxygen atoms in total. The van der Waals surface area contributed by atoms with Gasteiger partial charge in [0.1, 0.15) is 6.29 Å². The molecular weight excluding hydrogens is 248 g/mol. The Morgan fingerprint density at radius 1 is 1.33 bits per heavy atom. The van der Waals surface area contributed by atoms with E-state index in [0.717, 1.165) is 35.8 Å². The third-order valence-electron chi connectivity index (χ3n) is 3.68. The molecule has 2 rings (SSSR count). The number of carbonyl (C=O) groups is 1. The Morgan fingerprint density at radius 3 is 2.56 bits per heavy atom. The molecule has 0 aliphatic heterocycles. The Bertz CT molecular complexity index is 476. The predicted octanol–water partition coefficient (Wildman–Crippen LogP) is 3.88. The van der Waals surface area contributed by atoms with Gasteiger partial charge in [0.05, 0.1) is 5.60 Å². The SMILES string of the molecule is CO[C@@]1(C)CCC(c2ccc(Cl)cc2)=C(C=O)C1. The second kappa shape index (κ2) is 5.25. The molecule has 1 aromatic rings. The van der Waals surface area contributed by atoms with E-state index in [0.29, 0.717) is 11.4 Å². The Labute approximate surface area is 113 Å². The first-order valence-electron chi connectivity index (χ1n) is 6.06. The fourth-order valence-electron chi connectivity index (χ4n) is 2.42. The Hall–Kier alpha value is -1.12. The van der Waals surface area contributed by atoms with Crippen LogP contribution in [0.4, 0.5) is 0 Å². The molecule has 1 aliphatic rings. The highest BCUT2D eigenvalue weighted by molar-refractivity contribution is 6.30. The summed E-state index contributed by atoms with van der Waals surface area (Å²) in [6, 6.07) is 7.65. The summed E-state index contributed by atoms with van der Waals surface area (Å²) in [7, 11) is 1.70. The zero-order chi connectivity index (χ0) is 13.2. The van der Waals surface area contributed by atoms with Crippen LogP contribution in [0, 0.1) is 0 Å². The molecule has 0 spiro atoms. The van der Waals surface area contributed by atoms with E-state index in [2.05, 4.69) is 6.92 Å². The largest absolute Gasteiger partial charge is 0.378 e. The average Bonchev–Trinajstić information content (AvgIpc) is 2.40. The second-order valence-electron chi connectivity index (χ2n) is 4.96. The molecule has 0 radical (unpaired) electrons. The number of carbonyl (C=O) groups excluding carboxylic acids is 1. The maximum Gasteiger partial charge on any atom is 0.146 e. The summed E-state index contributed by atoms with van der Waals surface area (Å²) in [4.78, 5) is 11.3. The molecule has 0 aromatic heterocycles. The third-order valence-corrected chi connectivity index (χ3v) is 3.94. The van der Waals surface area contributed by atoms with Crippen LogP contribution < -0.4 is 0 Å². The van der Waals surface area contributed by atoms with Crippen molar-refractivity contribution in [3.8, 4) is 0 Å². The predicted molar refractivity (Wildman–Crippen MR) is 73.7 cm³/mol. The fraction of sp³-hybridized carbons (Fsp3) is 0.400. The number of rotatable bonds is 3. The lowest BCUT2D eigenvalue weighted by Crippen LogP contribution is -2.31. The first-order valence-corrected chi connectivity index (χ1v) is 6.44. The summed E-state index contributed by atoms with van der Waals surface area (Å²) in [6.07, 6.45) is 3.42. The smallest absolute Gasteiger partial charge is 0.146 e. The van der Waals surface area contributed by atoms with E-state index in [1.54, 1.807) is 7.11 Å². The number of benzene rings is 1. The lowest BCUT2D eigenvalue weighted by molar-refractivity contribution is -0.105. The molecule has 0 N–H and O–H groups in total. The summed E-state index contributed by atoms with van der Waals surface area (Å²) in [5.41, 5.74) is 2.83. The Balaban J connectivity index is 2.36. The minimum atomic E-state index is -0.216. The molecule has 0 amide bonds. The third kappa shape index (κ3) is 2.65. The van der Waals surface area contributed by atoms with Gasteiger partial charge in [0, 0.05) is 18.6 Å². The van der Waals surface area contributed by atoms with Gasteiger partial charge in [0.25, 0.3) is 0 Å². The van der Waals surface area contributed by atoms with Gasteiger partial charge in [-0.1, -0.05) is 23.7 Å². The highest BCUT2D eigenvalue weighted by atomic mass is 35.5. The van der Waals surface area contributed by atoms with Gasteiger partial charge in [0.2, 0.25) is 0 Å². The summed E-state index contributed by atoms with van der Waals surface area (Å²) in [6.45, 7) is 2.05. The van der Waals surface area contributed by atoms with Crippen molar-refractivity contribution >= 4 is 23.5 Å². The number of aldehydes is 1. The molecule has 96 valence electrons. The van der Waals surface area contributed by atoms with Crippen molar-refractivity contribution in [2.24, 2.45) is 0 Å². The average molecular weight is 265 g/mol. The second-order valence-corrected chi connectivity index (χ2v) is 5.40. The molecule has 1 aromatic carbocycles. The maximum atomic E-state index is 11.3. The molecule has 0 heterocycles. The van der Waals surface area contributed by atoms with Crippen molar-refractivity contribution in [3.05, 3.63) is 40.4 Å². The van der Waals surface area contributed by atoms with Crippen LogP contribution >= 0.6 is 11.6 Å². The summed E-state index contributed by atoms with van der Waals surface area (Å²) < 4.78 is 5.50. The highest BCUT2D eigenvalue weighted by Crippen LogP contribution is 2.38. The van der Waals surface area contributed by atoms with Crippen LogP contribution in [0.3, 0.4) is 0 Å². The zero-order valence-electron chi connectivity index (χ0n) is 10.7. The number of halogens is 1. The Kier molecular flexibility index (Phi) is 3.88. The minimum Gasteiger partial charge on any atom is -0.378 e. The minimum absolute atomic E-state index is 0.216. The van der Waals surface area contributed by atoms with Crippen molar-refractivity contribution in [2.75, 3.05) is 7.11 Å². The first-order chi connectivity index (χ1) is 8.58. The van der Waals surface area contributed by atoms with Crippen molar-refractivity contribution < 1.29 is 9.53 Å². The summed E-state index contributed by atoms with van der Waals surface area (Å²) in [5.74, 6) is 0. The number of ether oxygens (including phenoxy) is 1. The summed E-state index contributed by atoms with van der Waals surface area (Å²) in [5, 5.41) is 0.713. The maximum absolute atomic E-state index is 11.3. The molecular formula is C15H17ClO2. The number of hydrogen-bond acceptors (Lipinski definition) is 2. The molecule has 3 heteroatoms. The van der Waals surface area contributed by atoms with Crippen molar-refractivity contribution in [3.63, 3.8) is 0 Å². The number of allylic oxidation sites excluding steroid dienone is 1. The normalized spacial score (nSPS) is 24.2. The highest BCUT2D eigenvalue weighted by Gasteiger charge is 2.31. The quantitative estimate of drug-likeness (QED) is 0.775. The van der Waals surface area contributed by atoms with E-state index in [4.69, 9.17) is 16.3 Å². The van der Waals surface area contributed by atoms with Crippen LogP contribution in [0.15, 0.2) is 29.8 Å². The van der Waals surface area contributed by atoms with Gasteiger partial charge in [-0.25, -0.2) is 0 Å². The lowest BCUT2D eigenvalue weighted by Gasteiger charge is -2.33. The van der Waals surface area contributed by atoms with Gasteiger partial charge >= 0.3 is 0 Å². The van der Waals surface area contributed by atoms with Gasteiger partial charge < -0.3 is 4.74 Å². The molecule has 0 saturated carbocycles. The van der Waals surface area contributed by atoms with Crippen LogP contribution in [0.5, 0.6) is 0 Å². The number of hydrogen-bond donors (Lipinski definition) is 0. The van der Waals surface area contributed by atoms with E-state index in [-0.39, 0.29) is 5.60 Å². The van der Waals surface area contributed by atoms with Gasteiger partial charge in [-0.2, -0.15) is 0 Å². The topological polar surface area (TPSA) is 26.3 Å². The molecule has 1 aliphatic carbocycles. The van der Waals surface area contributed by atoms with E-state index in [1.807, 2.05) is 24.3 Å². The van der Waals surface area contributed by atoms with Crippen molar-refractivity contribution in [1.82, 2.24) is 0 Å². The number of methoxy groups -OCH3 is 1. The molecule has 1 atom stereocenters. The molecule has 0 fully saturated rings. The summed E-state index contributed by atoms with van der Waals surface area (Å²) >= 11 is 5.88. The molecule has 0 saturated heterocycles. The van der Waals surface area contributed by atoms with Crippen LogP contribution in [-0.2, 0) is 9.53 Å². The lowest BCUT2D eigenvalue weighted by atomic mass is 9.79. The van der Waals surface area contributed by atoms with E-state index < -0.39 is 0 Å². The molecule has 0 bridgehead atoms. The van der Waals surface area contributed by atoms with Crippen LogP contribution in [-0.4, -0.2) is 19.0 Å². The fourth-order valence-corrected chi connectivity index (χ4v) is 2.54.